The number of nitrogens with one attached hydrogen (secondary N) is 1. The minimum absolute atomic E-state index is 0.0129. The van der Waals surface area contributed by atoms with E-state index in [1.807, 2.05) is 0 Å². The number of aromatic carboxylic acids is 1. The number of anilines is 1. The van der Waals surface area contributed by atoms with Crippen LogP contribution in [0, 0.1) is 11.3 Å². The van der Waals surface area contributed by atoms with Gasteiger partial charge < -0.3 is 15.0 Å². The summed E-state index contributed by atoms with van der Waals surface area (Å²) in [4.78, 5) is 22.5. The highest BCUT2D eigenvalue weighted by atomic mass is 19.4. The summed E-state index contributed by atoms with van der Waals surface area (Å²) >= 11 is 0. The summed E-state index contributed by atoms with van der Waals surface area (Å²) in [5.74, 6) is -3.91. The molecule has 0 saturated heterocycles. The molecule has 124 valence electrons. The van der Waals surface area contributed by atoms with Crippen LogP contribution in [0.5, 0.6) is 0 Å². The fourth-order valence-corrected chi connectivity index (χ4v) is 2.09. The van der Waals surface area contributed by atoms with Crippen LogP contribution >= 0.6 is 0 Å². The summed E-state index contributed by atoms with van der Waals surface area (Å²) < 4.78 is 38.3. The summed E-state index contributed by atoms with van der Waals surface area (Å²) in [5, 5.41) is 19.8. The van der Waals surface area contributed by atoms with E-state index in [-0.39, 0.29) is 12.1 Å². The number of rotatable bonds is 4. The van der Waals surface area contributed by atoms with Crippen LogP contribution in [0.3, 0.4) is 0 Å². The van der Waals surface area contributed by atoms with Crippen molar-refractivity contribution < 1.29 is 27.9 Å². The number of carboxylic acids is 1. The Hall–Kier alpha value is -3.28. The number of nitrogens with zero attached hydrogens (tertiary/aromatic N) is 2. The van der Waals surface area contributed by atoms with Crippen LogP contribution in [0.15, 0.2) is 36.5 Å². The number of halogens is 3. The van der Waals surface area contributed by atoms with Gasteiger partial charge in [-0.3, -0.25) is 4.79 Å². The van der Waals surface area contributed by atoms with Crippen molar-refractivity contribution in [2.45, 2.75) is 12.7 Å². The van der Waals surface area contributed by atoms with E-state index >= 15 is 0 Å². The summed E-state index contributed by atoms with van der Waals surface area (Å²) in [5.41, 5.74) is -0.981. The summed E-state index contributed by atoms with van der Waals surface area (Å²) in [6.45, 7) is 0.0129. The first kappa shape index (κ1) is 17.1. The number of benzene rings is 1. The normalized spacial score (nSPS) is 10.9. The number of carbonyl (C=O) groups is 2. The third kappa shape index (κ3) is 3.55. The molecule has 9 heteroatoms. The number of aromatic nitrogens is 1. The largest absolute Gasteiger partial charge is 0.477 e. The van der Waals surface area contributed by atoms with Gasteiger partial charge in [-0.1, -0.05) is 30.3 Å². The Balaban J connectivity index is 2.49. The molecule has 2 aromatic rings. The molecule has 0 aliphatic carbocycles. The zero-order chi connectivity index (χ0) is 17.9. The second-order valence-corrected chi connectivity index (χ2v) is 4.75. The van der Waals surface area contributed by atoms with Crippen molar-refractivity contribution in [3.05, 3.63) is 53.3 Å². The Bertz CT molecular complexity index is 820. The van der Waals surface area contributed by atoms with Crippen LogP contribution in [-0.2, 0) is 11.3 Å². The Morgan fingerprint density at radius 1 is 1.25 bits per heavy atom. The molecule has 1 amide bonds. The average molecular weight is 337 g/mol. The maximum Gasteiger partial charge on any atom is 0.471 e. The molecule has 24 heavy (non-hydrogen) atoms. The van der Waals surface area contributed by atoms with Gasteiger partial charge >= 0.3 is 18.1 Å². The van der Waals surface area contributed by atoms with Gasteiger partial charge in [-0.15, -0.1) is 0 Å². The van der Waals surface area contributed by atoms with Crippen molar-refractivity contribution in [3.8, 4) is 6.07 Å². The van der Waals surface area contributed by atoms with Crippen molar-refractivity contribution in [2.24, 2.45) is 0 Å². The van der Waals surface area contributed by atoms with Crippen LogP contribution in [0.1, 0.15) is 21.6 Å². The van der Waals surface area contributed by atoms with E-state index in [1.165, 1.54) is 5.32 Å². The first-order valence-corrected chi connectivity index (χ1v) is 6.52. The zero-order valence-corrected chi connectivity index (χ0v) is 12.0. The van der Waals surface area contributed by atoms with Crippen LogP contribution < -0.4 is 5.32 Å². The summed E-state index contributed by atoms with van der Waals surface area (Å²) in [6, 6.07) is 10.1. The van der Waals surface area contributed by atoms with E-state index in [0.29, 0.717) is 5.56 Å². The first-order valence-electron chi connectivity index (χ1n) is 6.52. The first-order chi connectivity index (χ1) is 11.2. The highest BCUT2D eigenvalue weighted by Crippen LogP contribution is 2.27. The van der Waals surface area contributed by atoms with Crippen LogP contribution in [0.25, 0.3) is 0 Å². The second-order valence-electron chi connectivity index (χ2n) is 4.75. The Kier molecular flexibility index (Phi) is 4.59. The minimum Gasteiger partial charge on any atom is -0.477 e. The molecule has 2 N–H and O–H groups in total. The van der Waals surface area contributed by atoms with Gasteiger partial charge in [0, 0.05) is 12.7 Å². The summed E-state index contributed by atoms with van der Waals surface area (Å²) in [6.07, 6.45) is -4.12. The summed E-state index contributed by atoms with van der Waals surface area (Å²) in [7, 11) is 0. The number of carboxylic acid groups (broad SMARTS) is 1. The Morgan fingerprint density at radius 2 is 1.88 bits per heavy atom. The molecule has 1 heterocycles. The Labute approximate surface area is 133 Å². The minimum atomic E-state index is -5.20. The molecule has 0 unspecified atom stereocenters. The molecule has 0 aliphatic heterocycles. The number of nitriles is 1. The molecule has 2 rings (SSSR count). The highest BCUT2D eigenvalue weighted by molar-refractivity contribution is 6.03. The van der Waals surface area contributed by atoms with Crippen molar-refractivity contribution in [2.75, 3.05) is 5.32 Å². The molecule has 0 bridgehead atoms. The van der Waals surface area contributed by atoms with E-state index in [4.69, 9.17) is 5.26 Å². The topological polar surface area (TPSA) is 95.1 Å². The number of carbonyl (C=O) groups excluding carboxylic acids is 1. The van der Waals surface area contributed by atoms with Crippen LogP contribution in [-0.4, -0.2) is 27.7 Å². The standard InChI is InChI=1S/C15H10F3N3O3/c16-15(17,18)14(24)20-11-10(6-19)8-21(12(11)13(22)23)7-9-4-2-1-3-5-9/h1-5,8H,7H2,(H,20,24)(H,22,23). The molecule has 0 saturated carbocycles. The molecule has 0 atom stereocenters. The monoisotopic (exact) mass is 337 g/mol. The predicted octanol–water partition coefficient (Wildman–Crippen LogP) is 2.61. The fraction of sp³-hybridized carbons (Fsp3) is 0.133. The maximum absolute atomic E-state index is 12.4. The lowest BCUT2D eigenvalue weighted by Gasteiger charge is -2.10. The van der Waals surface area contributed by atoms with Gasteiger partial charge in [0.15, 0.2) is 5.69 Å². The molecular weight excluding hydrogens is 327 g/mol. The van der Waals surface area contributed by atoms with Gasteiger partial charge in [-0.25, -0.2) is 4.79 Å². The lowest BCUT2D eigenvalue weighted by Crippen LogP contribution is -2.30. The number of hydrogen-bond acceptors (Lipinski definition) is 3. The molecule has 0 fully saturated rings. The number of hydrogen-bond donors (Lipinski definition) is 2. The zero-order valence-electron chi connectivity index (χ0n) is 12.0. The second kappa shape index (κ2) is 6.45. The van der Waals surface area contributed by atoms with E-state index in [2.05, 4.69) is 0 Å². The Morgan fingerprint density at radius 3 is 2.38 bits per heavy atom. The maximum atomic E-state index is 12.4. The lowest BCUT2D eigenvalue weighted by atomic mass is 10.2. The smallest absolute Gasteiger partial charge is 0.471 e. The molecular formula is C15H10F3N3O3. The fourth-order valence-electron chi connectivity index (χ4n) is 2.09. The van der Waals surface area contributed by atoms with Gasteiger partial charge in [0.05, 0.1) is 11.3 Å². The third-order valence-corrected chi connectivity index (χ3v) is 3.09. The van der Waals surface area contributed by atoms with Gasteiger partial charge in [0.2, 0.25) is 0 Å². The van der Waals surface area contributed by atoms with E-state index in [0.717, 1.165) is 10.8 Å². The molecule has 1 aromatic carbocycles. The van der Waals surface area contributed by atoms with Crippen molar-refractivity contribution >= 4 is 17.6 Å². The third-order valence-electron chi connectivity index (χ3n) is 3.09. The predicted molar refractivity (Wildman–Crippen MR) is 76.3 cm³/mol. The van der Waals surface area contributed by atoms with Crippen molar-refractivity contribution in [3.63, 3.8) is 0 Å². The molecule has 0 spiro atoms. The van der Waals surface area contributed by atoms with Crippen molar-refractivity contribution in [1.29, 1.82) is 5.26 Å². The average Bonchev–Trinajstić information content (AvgIpc) is 2.84. The molecule has 0 aliphatic rings. The molecule has 6 nitrogen and oxygen atoms in total. The SMILES string of the molecule is N#Cc1cn(Cc2ccccc2)c(C(=O)O)c1NC(=O)C(F)(F)F. The van der Waals surface area contributed by atoms with Crippen LogP contribution in [0.2, 0.25) is 0 Å². The van der Waals surface area contributed by atoms with E-state index in [1.54, 1.807) is 36.4 Å². The molecule has 0 radical (unpaired) electrons. The quantitative estimate of drug-likeness (QED) is 0.896. The van der Waals surface area contributed by atoms with Crippen LogP contribution in [0.4, 0.5) is 18.9 Å². The van der Waals surface area contributed by atoms with Gasteiger partial charge in [-0.2, -0.15) is 18.4 Å². The number of alkyl halides is 3. The highest BCUT2D eigenvalue weighted by Gasteiger charge is 2.40. The van der Waals surface area contributed by atoms with E-state index < -0.39 is 29.4 Å². The van der Waals surface area contributed by atoms with Crippen molar-refractivity contribution in [1.82, 2.24) is 4.57 Å². The number of amides is 1. The van der Waals surface area contributed by atoms with E-state index in [9.17, 15) is 27.9 Å². The van der Waals surface area contributed by atoms with Gasteiger partial charge in [-0.05, 0) is 5.56 Å². The lowest BCUT2D eigenvalue weighted by molar-refractivity contribution is -0.167. The van der Waals surface area contributed by atoms with Gasteiger partial charge in [0.1, 0.15) is 6.07 Å². The van der Waals surface area contributed by atoms with Gasteiger partial charge in [0.25, 0.3) is 0 Å². The molecule has 1 aromatic heterocycles.